The molecule has 0 radical (unpaired) electrons. The Hall–Kier alpha value is -2.73. The maximum absolute atomic E-state index is 13.1. The van der Waals surface area contributed by atoms with Gasteiger partial charge in [0.2, 0.25) is 0 Å². The zero-order chi connectivity index (χ0) is 16.5. The summed E-state index contributed by atoms with van der Waals surface area (Å²) in [5.74, 6) is -0.322. The summed E-state index contributed by atoms with van der Waals surface area (Å²) in [4.78, 5) is 21.7. The van der Waals surface area contributed by atoms with Gasteiger partial charge in [0.25, 0.3) is 5.91 Å². The number of morpholine rings is 1. The van der Waals surface area contributed by atoms with Crippen LogP contribution in [0.5, 0.6) is 0 Å². The second kappa shape index (κ2) is 6.05. The molecule has 1 saturated heterocycles. The Labute approximate surface area is 138 Å². The summed E-state index contributed by atoms with van der Waals surface area (Å²) >= 11 is 0. The van der Waals surface area contributed by atoms with Crippen molar-refractivity contribution >= 4 is 16.9 Å². The number of imidazole rings is 1. The van der Waals surface area contributed by atoms with Crippen molar-refractivity contribution in [1.29, 1.82) is 0 Å². The maximum Gasteiger partial charge on any atom is 0.254 e. The van der Waals surface area contributed by atoms with E-state index in [1.807, 2.05) is 12.1 Å². The van der Waals surface area contributed by atoms with Gasteiger partial charge in [0.05, 0.1) is 30.5 Å². The van der Waals surface area contributed by atoms with Gasteiger partial charge in [-0.2, -0.15) is 0 Å². The molecule has 1 N–H and O–H groups in total. The molecule has 1 aliphatic heterocycles. The van der Waals surface area contributed by atoms with Crippen molar-refractivity contribution in [3.05, 3.63) is 65.7 Å². The van der Waals surface area contributed by atoms with E-state index in [-0.39, 0.29) is 17.8 Å². The monoisotopic (exact) mass is 325 g/mol. The average molecular weight is 325 g/mol. The van der Waals surface area contributed by atoms with Gasteiger partial charge in [-0.1, -0.05) is 12.1 Å². The lowest BCUT2D eigenvalue weighted by molar-refractivity contribution is -0.0228. The number of benzene rings is 2. The molecular weight excluding hydrogens is 309 g/mol. The van der Waals surface area contributed by atoms with Gasteiger partial charge in [-0.3, -0.25) is 4.79 Å². The normalized spacial score (nSPS) is 18.0. The molecule has 0 aliphatic carbocycles. The molecule has 24 heavy (non-hydrogen) atoms. The van der Waals surface area contributed by atoms with Crippen molar-refractivity contribution in [3.63, 3.8) is 0 Å². The van der Waals surface area contributed by atoms with Crippen molar-refractivity contribution in [3.8, 4) is 0 Å². The average Bonchev–Trinajstić information content (AvgIpc) is 3.09. The first-order valence-corrected chi connectivity index (χ1v) is 7.80. The van der Waals surface area contributed by atoms with Crippen LogP contribution in [0.15, 0.2) is 48.8 Å². The molecule has 2 aromatic carbocycles. The molecule has 5 nitrogen and oxygen atoms in total. The van der Waals surface area contributed by atoms with Gasteiger partial charge in [0, 0.05) is 12.1 Å². The highest BCUT2D eigenvalue weighted by Crippen LogP contribution is 2.24. The van der Waals surface area contributed by atoms with E-state index in [1.54, 1.807) is 29.4 Å². The molecule has 4 rings (SSSR count). The van der Waals surface area contributed by atoms with E-state index in [0.717, 1.165) is 16.6 Å². The SMILES string of the molecule is O=C(c1ccc2nc[nH]c2c1)N1CCO[C@H](c2ccc(F)cc2)C1. The van der Waals surface area contributed by atoms with Crippen LogP contribution in [0, 0.1) is 5.82 Å². The summed E-state index contributed by atoms with van der Waals surface area (Å²) < 4.78 is 18.8. The van der Waals surface area contributed by atoms with Gasteiger partial charge in [-0.25, -0.2) is 9.37 Å². The fourth-order valence-electron chi connectivity index (χ4n) is 2.96. The van der Waals surface area contributed by atoms with Crippen LogP contribution in [0.3, 0.4) is 0 Å². The highest BCUT2D eigenvalue weighted by Gasteiger charge is 2.26. The van der Waals surface area contributed by atoms with E-state index in [4.69, 9.17) is 4.74 Å². The van der Waals surface area contributed by atoms with Gasteiger partial charge in [-0.05, 0) is 35.9 Å². The summed E-state index contributed by atoms with van der Waals surface area (Å²) in [6.07, 6.45) is 1.37. The zero-order valence-corrected chi connectivity index (χ0v) is 12.9. The molecular formula is C18H16FN3O2. The van der Waals surface area contributed by atoms with Gasteiger partial charge >= 0.3 is 0 Å². The van der Waals surface area contributed by atoms with Gasteiger partial charge in [-0.15, -0.1) is 0 Å². The molecule has 1 aromatic heterocycles. The third-order valence-electron chi connectivity index (χ3n) is 4.26. The molecule has 2 heterocycles. The minimum Gasteiger partial charge on any atom is -0.370 e. The lowest BCUT2D eigenvalue weighted by atomic mass is 10.1. The Balaban J connectivity index is 1.54. The number of rotatable bonds is 2. The number of fused-ring (bicyclic) bond motifs is 1. The lowest BCUT2D eigenvalue weighted by Crippen LogP contribution is -2.42. The van der Waals surface area contributed by atoms with E-state index in [2.05, 4.69) is 9.97 Å². The smallest absolute Gasteiger partial charge is 0.254 e. The van der Waals surface area contributed by atoms with Crippen LogP contribution in [-0.2, 0) is 4.74 Å². The first-order valence-electron chi connectivity index (χ1n) is 7.80. The number of ether oxygens (including phenoxy) is 1. The molecule has 6 heteroatoms. The van der Waals surface area contributed by atoms with E-state index in [1.165, 1.54) is 12.1 Å². The van der Waals surface area contributed by atoms with E-state index < -0.39 is 0 Å². The van der Waals surface area contributed by atoms with Crippen molar-refractivity contribution in [2.45, 2.75) is 6.10 Å². The highest BCUT2D eigenvalue weighted by atomic mass is 19.1. The Kier molecular flexibility index (Phi) is 3.74. The Morgan fingerprint density at radius 1 is 1.25 bits per heavy atom. The molecule has 0 saturated carbocycles. The number of aromatic nitrogens is 2. The molecule has 1 fully saturated rings. The zero-order valence-electron chi connectivity index (χ0n) is 12.9. The van der Waals surface area contributed by atoms with Crippen LogP contribution in [0.4, 0.5) is 4.39 Å². The van der Waals surface area contributed by atoms with E-state index in [9.17, 15) is 9.18 Å². The Bertz CT molecular complexity index is 875. The molecule has 122 valence electrons. The van der Waals surface area contributed by atoms with Crippen LogP contribution in [0.25, 0.3) is 11.0 Å². The third kappa shape index (κ3) is 2.76. The van der Waals surface area contributed by atoms with Gasteiger partial charge in [0.15, 0.2) is 0 Å². The number of nitrogens with zero attached hydrogens (tertiary/aromatic N) is 2. The number of carbonyl (C=O) groups excluding carboxylic acids is 1. The van der Waals surface area contributed by atoms with Crippen LogP contribution < -0.4 is 0 Å². The second-order valence-electron chi connectivity index (χ2n) is 5.80. The standard InChI is InChI=1S/C18H16FN3O2/c19-14-4-1-12(2-5-14)17-10-22(7-8-24-17)18(23)13-3-6-15-16(9-13)21-11-20-15/h1-6,9,11,17H,7-8,10H2,(H,20,21)/t17-/m0/s1. The number of nitrogens with one attached hydrogen (secondary N) is 1. The Morgan fingerprint density at radius 2 is 2.08 bits per heavy atom. The minimum absolute atomic E-state index is 0.0399. The first kappa shape index (κ1) is 14.8. The van der Waals surface area contributed by atoms with Crippen molar-refractivity contribution in [1.82, 2.24) is 14.9 Å². The lowest BCUT2D eigenvalue weighted by Gasteiger charge is -2.33. The van der Waals surface area contributed by atoms with Crippen LogP contribution in [-0.4, -0.2) is 40.5 Å². The summed E-state index contributed by atoms with van der Waals surface area (Å²) in [5.41, 5.74) is 3.16. The summed E-state index contributed by atoms with van der Waals surface area (Å²) in [5, 5.41) is 0. The fraction of sp³-hybridized carbons (Fsp3) is 0.222. The number of aromatic amines is 1. The summed E-state index contributed by atoms with van der Waals surface area (Å²) in [7, 11) is 0. The largest absolute Gasteiger partial charge is 0.370 e. The number of H-pyrrole nitrogens is 1. The van der Waals surface area contributed by atoms with Crippen molar-refractivity contribution < 1.29 is 13.9 Å². The molecule has 1 amide bonds. The minimum atomic E-state index is -0.282. The molecule has 3 aromatic rings. The third-order valence-corrected chi connectivity index (χ3v) is 4.26. The first-order chi connectivity index (χ1) is 11.7. The summed E-state index contributed by atoms with van der Waals surface area (Å²) in [6.45, 7) is 1.45. The molecule has 0 spiro atoms. The van der Waals surface area contributed by atoms with E-state index in [0.29, 0.717) is 25.3 Å². The van der Waals surface area contributed by atoms with Gasteiger partial charge in [0.1, 0.15) is 11.9 Å². The van der Waals surface area contributed by atoms with E-state index >= 15 is 0 Å². The van der Waals surface area contributed by atoms with Crippen molar-refractivity contribution in [2.75, 3.05) is 19.7 Å². The van der Waals surface area contributed by atoms with Crippen molar-refractivity contribution in [2.24, 2.45) is 0 Å². The predicted molar refractivity (Wildman–Crippen MR) is 87.1 cm³/mol. The molecule has 0 unspecified atom stereocenters. The fourth-order valence-corrected chi connectivity index (χ4v) is 2.96. The quantitative estimate of drug-likeness (QED) is 0.788. The predicted octanol–water partition coefficient (Wildman–Crippen LogP) is 2.92. The number of hydrogen-bond donors (Lipinski definition) is 1. The van der Waals surface area contributed by atoms with Crippen LogP contribution in [0.2, 0.25) is 0 Å². The second-order valence-corrected chi connectivity index (χ2v) is 5.80. The number of halogens is 1. The number of hydrogen-bond acceptors (Lipinski definition) is 3. The van der Waals surface area contributed by atoms with Crippen LogP contribution in [0.1, 0.15) is 22.0 Å². The van der Waals surface area contributed by atoms with Gasteiger partial charge < -0.3 is 14.6 Å². The maximum atomic E-state index is 13.1. The Morgan fingerprint density at radius 3 is 2.92 bits per heavy atom. The molecule has 1 atom stereocenters. The summed E-state index contributed by atoms with van der Waals surface area (Å²) in [6, 6.07) is 11.6. The van der Waals surface area contributed by atoms with Crippen LogP contribution >= 0.6 is 0 Å². The number of carbonyl (C=O) groups is 1. The topological polar surface area (TPSA) is 58.2 Å². The number of amides is 1. The molecule has 0 bridgehead atoms. The highest BCUT2D eigenvalue weighted by molar-refractivity contribution is 5.97. The molecule has 1 aliphatic rings.